The molecule has 4 saturated carbocycles. The SMILES string of the molecule is CCCCc1ccc(NC(=O)C(C)NC(=O)C23CC4CC(CC(C4)C2)C3)cc1. The number of anilines is 1. The Hall–Kier alpha value is -1.84. The molecule has 4 aliphatic carbocycles. The summed E-state index contributed by atoms with van der Waals surface area (Å²) in [5.74, 6) is 2.16. The van der Waals surface area contributed by atoms with E-state index in [4.69, 9.17) is 0 Å². The Morgan fingerprint density at radius 3 is 2.14 bits per heavy atom. The molecule has 4 nitrogen and oxygen atoms in total. The largest absolute Gasteiger partial charge is 0.344 e. The lowest BCUT2D eigenvalue weighted by Crippen LogP contribution is -2.56. The van der Waals surface area contributed by atoms with Gasteiger partial charge in [-0.2, -0.15) is 0 Å². The van der Waals surface area contributed by atoms with Crippen LogP contribution in [0, 0.1) is 23.2 Å². The highest BCUT2D eigenvalue weighted by molar-refractivity contribution is 5.97. The first-order valence-electron chi connectivity index (χ1n) is 11.2. The van der Waals surface area contributed by atoms with Gasteiger partial charge in [0.1, 0.15) is 6.04 Å². The van der Waals surface area contributed by atoms with Crippen LogP contribution in [0.25, 0.3) is 0 Å². The standard InChI is InChI=1S/C24H34N2O2/c1-3-4-5-17-6-8-21(9-7-17)26-22(27)16(2)25-23(28)24-13-18-10-19(14-24)12-20(11-18)15-24/h6-9,16,18-20H,3-5,10-15H2,1-2H3,(H,25,28)(H,26,27). The molecule has 4 aliphatic rings. The fourth-order valence-electron chi connectivity index (χ4n) is 6.19. The van der Waals surface area contributed by atoms with Gasteiger partial charge < -0.3 is 10.6 Å². The summed E-state index contributed by atoms with van der Waals surface area (Å²) < 4.78 is 0. The lowest BCUT2D eigenvalue weighted by Gasteiger charge is -2.55. The zero-order chi connectivity index (χ0) is 19.7. The predicted molar refractivity (Wildman–Crippen MR) is 112 cm³/mol. The Morgan fingerprint density at radius 2 is 1.61 bits per heavy atom. The van der Waals surface area contributed by atoms with Gasteiger partial charge in [0.05, 0.1) is 0 Å². The molecule has 1 aromatic rings. The molecule has 1 aromatic carbocycles. The molecule has 2 N–H and O–H groups in total. The van der Waals surface area contributed by atoms with E-state index in [1.165, 1.54) is 37.7 Å². The molecule has 28 heavy (non-hydrogen) atoms. The van der Waals surface area contributed by atoms with Crippen LogP contribution >= 0.6 is 0 Å². The smallest absolute Gasteiger partial charge is 0.246 e. The first-order valence-corrected chi connectivity index (χ1v) is 11.2. The van der Waals surface area contributed by atoms with E-state index < -0.39 is 6.04 Å². The number of benzene rings is 1. The molecule has 4 fully saturated rings. The lowest BCUT2D eigenvalue weighted by molar-refractivity contribution is -0.147. The van der Waals surface area contributed by atoms with Crippen LogP contribution in [0.5, 0.6) is 0 Å². The predicted octanol–water partition coefficient (Wildman–Crippen LogP) is 4.69. The average Bonchev–Trinajstić information content (AvgIpc) is 2.66. The van der Waals surface area contributed by atoms with Gasteiger partial charge in [-0.15, -0.1) is 0 Å². The van der Waals surface area contributed by atoms with E-state index in [-0.39, 0.29) is 17.2 Å². The third-order valence-electron chi connectivity index (χ3n) is 7.30. The van der Waals surface area contributed by atoms with Crippen LogP contribution in [0.15, 0.2) is 24.3 Å². The molecule has 152 valence electrons. The van der Waals surface area contributed by atoms with Crippen molar-refractivity contribution >= 4 is 17.5 Å². The number of unbranched alkanes of at least 4 members (excludes halogenated alkanes) is 1. The number of rotatable bonds is 7. The van der Waals surface area contributed by atoms with Crippen molar-refractivity contribution in [2.45, 2.75) is 77.7 Å². The van der Waals surface area contributed by atoms with Crippen molar-refractivity contribution in [2.75, 3.05) is 5.32 Å². The van der Waals surface area contributed by atoms with E-state index >= 15 is 0 Å². The number of carbonyl (C=O) groups is 2. The number of nitrogens with one attached hydrogen (secondary N) is 2. The molecule has 2 amide bonds. The average molecular weight is 383 g/mol. The van der Waals surface area contributed by atoms with Crippen molar-refractivity contribution in [3.63, 3.8) is 0 Å². The van der Waals surface area contributed by atoms with Gasteiger partial charge in [0.25, 0.3) is 0 Å². The summed E-state index contributed by atoms with van der Waals surface area (Å²) in [4.78, 5) is 25.7. The summed E-state index contributed by atoms with van der Waals surface area (Å²) in [5.41, 5.74) is 1.88. The van der Waals surface area contributed by atoms with Gasteiger partial charge in [0.15, 0.2) is 0 Å². The van der Waals surface area contributed by atoms with E-state index in [9.17, 15) is 9.59 Å². The number of amides is 2. The minimum absolute atomic E-state index is 0.115. The van der Waals surface area contributed by atoms with E-state index in [0.29, 0.717) is 0 Å². The second-order valence-electron chi connectivity index (χ2n) is 9.68. The van der Waals surface area contributed by atoms with Crippen molar-refractivity contribution in [3.8, 4) is 0 Å². The van der Waals surface area contributed by atoms with E-state index in [2.05, 4.69) is 29.7 Å². The van der Waals surface area contributed by atoms with Crippen molar-refractivity contribution in [3.05, 3.63) is 29.8 Å². The molecule has 0 radical (unpaired) electrons. The maximum absolute atomic E-state index is 13.1. The maximum atomic E-state index is 13.1. The van der Waals surface area contributed by atoms with Crippen LogP contribution in [0.2, 0.25) is 0 Å². The van der Waals surface area contributed by atoms with Crippen LogP contribution in [-0.4, -0.2) is 17.9 Å². The first kappa shape index (κ1) is 19.5. The highest BCUT2D eigenvalue weighted by Gasteiger charge is 2.54. The van der Waals surface area contributed by atoms with Gasteiger partial charge in [0, 0.05) is 11.1 Å². The van der Waals surface area contributed by atoms with Gasteiger partial charge in [-0.05, 0) is 93.7 Å². The summed E-state index contributed by atoms with van der Waals surface area (Å²) in [6, 6.07) is 7.54. The van der Waals surface area contributed by atoms with Gasteiger partial charge in [-0.1, -0.05) is 25.5 Å². The maximum Gasteiger partial charge on any atom is 0.246 e. The third-order valence-corrected chi connectivity index (χ3v) is 7.30. The highest BCUT2D eigenvalue weighted by Crippen LogP contribution is 2.60. The summed E-state index contributed by atoms with van der Waals surface area (Å²) in [6.45, 7) is 3.98. The molecule has 1 unspecified atom stereocenters. The number of aryl methyl sites for hydroxylation is 1. The fourth-order valence-corrected chi connectivity index (χ4v) is 6.19. The molecule has 5 rings (SSSR count). The molecule has 4 bridgehead atoms. The first-order chi connectivity index (χ1) is 13.5. The second kappa shape index (κ2) is 7.88. The quantitative estimate of drug-likeness (QED) is 0.719. The molecule has 0 saturated heterocycles. The van der Waals surface area contributed by atoms with Crippen LogP contribution in [0.4, 0.5) is 5.69 Å². The molecular weight excluding hydrogens is 348 g/mol. The van der Waals surface area contributed by atoms with Crippen LogP contribution in [0.3, 0.4) is 0 Å². The fraction of sp³-hybridized carbons (Fsp3) is 0.667. The minimum Gasteiger partial charge on any atom is -0.344 e. The minimum atomic E-state index is -0.514. The summed E-state index contributed by atoms with van der Waals surface area (Å²) in [5, 5.41) is 6.00. The van der Waals surface area contributed by atoms with Crippen LogP contribution < -0.4 is 10.6 Å². The molecule has 0 aromatic heterocycles. The topological polar surface area (TPSA) is 58.2 Å². The highest BCUT2D eigenvalue weighted by atomic mass is 16.2. The number of hydrogen-bond acceptors (Lipinski definition) is 2. The van der Waals surface area contributed by atoms with E-state index in [1.807, 2.05) is 12.1 Å². The summed E-state index contributed by atoms with van der Waals surface area (Å²) in [6.07, 6.45) is 10.5. The van der Waals surface area contributed by atoms with Crippen molar-refractivity contribution in [2.24, 2.45) is 23.2 Å². The van der Waals surface area contributed by atoms with Gasteiger partial charge in [0.2, 0.25) is 11.8 Å². The normalized spacial score (nSPS) is 31.4. The number of carbonyl (C=O) groups excluding carboxylic acids is 2. The Morgan fingerprint density at radius 1 is 1.04 bits per heavy atom. The third kappa shape index (κ3) is 3.97. The van der Waals surface area contributed by atoms with E-state index in [0.717, 1.165) is 49.1 Å². The van der Waals surface area contributed by atoms with Crippen molar-refractivity contribution in [1.29, 1.82) is 0 Å². The molecule has 0 aliphatic heterocycles. The molecule has 0 heterocycles. The van der Waals surface area contributed by atoms with E-state index in [1.54, 1.807) is 6.92 Å². The lowest BCUT2D eigenvalue weighted by atomic mass is 9.49. The molecule has 0 spiro atoms. The Balaban J connectivity index is 1.32. The van der Waals surface area contributed by atoms with Gasteiger partial charge in [-0.25, -0.2) is 0 Å². The van der Waals surface area contributed by atoms with Crippen LogP contribution in [0.1, 0.15) is 70.8 Å². The zero-order valence-electron chi connectivity index (χ0n) is 17.3. The summed E-state index contributed by atoms with van der Waals surface area (Å²) >= 11 is 0. The molecule has 4 heteroatoms. The molecule has 1 atom stereocenters. The van der Waals surface area contributed by atoms with Gasteiger partial charge in [-0.3, -0.25) is 9.59 Å². The second-order valence-corrected chi connectivity index (χ2v) is 9.68. The zero-order valence-corrected chi connectivity index (χ0v) is 17.3. The van der Waals surface area contributed by atoms with Crippen molar-refractivity contribution in [1.82, 2.24) is 5.32 Å². The number of hydrogen-bond donors (Lipinski definition) is 2. The summed E-state index contributed by atoms with van der Waals surface area (Å²) in [7, 11) is 0. The van der Waals surface area contributed by atoms with Gasteiger partial charge >= 0.3 is 0 Å². The Bertz CT molecular complexity index is 689. The van der Waals surface area contributed by atoms with Crippen molar-refractivity contribution < 1.29 is 9.59 Å². The van der Waals surface area contributed by atoms with Crippen LogP contribution in [-0.2, 0) is 16.0 Å². The monoisotopic (exact) mass is 382 g/mol. The molecular formula is C24H34N2O2. The Labute approximate surface area is 168 Å². The Kier molecular flexibility index (Phi) is 5.48.